The van der Waals surface area contributed by atoms with Gasteiger partial charge in [0, 0.05) is 17.3 Å². The fourth-order valence-corrected chi connectivity index (χ4v) is 0.971. The number of rotatable bonds is 2. The van der Waals surface area contributed by atoms with Crippen molar-refractivity contribution < 1.29 is 19.4 Å². The van der Waals surface area contributed by atoms with E-state index in [4.69, 9.17) is 0 Å². The summed E-state index contributed by atoms with van der Waals surface area (Å²) in [6.07, 6.45) is 1.78. The highest BCUT2D eigenvalue weighted by Crippen LogP contribution is 2.22. The molecule has 0 aliphatic rings. The van der Waals surface area contributed by atoms with Crippen LogP contribution in [0.1, 0.15) is 26.4 Å². The van der Waals surface area contributed by atoms with Gasteiger partial charge in [-0.15, -0.1) is 0 Å². The van der Waals surface area contributed by atoms with E-state index in [0.717, 1.165) is 0 Å². The fraction of sp³-hybridized carbons (Fsp3) is 0.222. The zero-order valence-corrected chi connectivity index (χ0v) is 7.77. The van der Waals surface area contributed by atoms with Crippen molar-refractivity contribution in [3.05, 3.63) is 23.0 Å². The number of carbonyl (C=O) groups is 2. The average Bonchev–Trinajstić information content (AvgIpc) is 2.21. The number of aromatic nitrogens is 1. The van der Waals surface area contributed by atoms with E-state index in [2.05, 4.69) is 9.72 Å². The standard InChI is InChI=1S/C9H9NO4/c1-5-6(4-11)3-10-7(8(5)12)9(13)14-2/h3-4,12H,1-2H3. The molecule has 74 valence electrons. The van der Waals surface area contributed by atoms with Crippen molar-refractivity contribution in [3.8, 4) is 5.75 Å². The van der Waals surface area contributed by atoms with Gasteiger partial charge in [0.05, 0.1) is 7.11 Å². The van der Waals surface area contributed by atoms with Gasteiger partial charge in [-0.25, -0.2) is 9.78 Å². The lowest BCUT2D eigenvalue weighted by Gasteiger charge is -2.05. The Balaban J connectivity index is 3.30. The number of hydrogen-bond donors (Lipinski definition) is 1. The van der Waals surface area contributed by atoms with Crippen LogP contribution in [0.25, 0.3) is 0 Å². The lowest BCUT2D eigenvalue weighted by Crippen LogP contribution is -2.06. The third-order valence-electron chi connectivity index (χ3n) is 1.85. The number of aldehydes is 1. The largest absolute Gasteiger partial charge is 0.505 e. The Morgan fingerprint density at radius 3 is 2.79 bits per heavy atom. The fourth-order valence-electron chi connectivity index (χ4n) is 0.971. The van der Waals surface area contributed by atoms with E-state index in [1.165, 1.54) is 20.2 Å². The third-order valence-corrected chi connectivity index (χ3v) is 1.85. The highest BCUT2D eigenvalue weighted by Gasteiger charge is 2.16. The monoisotopic (exact) mass is 195 g/mol. The molecule has 0 radical (unpaired) electrons. The Hall–Kier alpha value is -1.91. The quantitative estimate of drug-likeness (QED) is 0.555. The molecule has 0 spiro atoms. The first-order valence-corrected chi connectivity index (χ1v) is 3.83. The van der Waals surface area contributed by atoms with Crippen LogP contribution >= 0.6 is 0 Å². The Bertz CT molecular complexity index is 387. The van der Waals surface area contributed by atoms with Gasteiger partial charge in [0.15, 0.2) is 17.7 Å². The van der Waals surface area contributed by atoms with Crippen LogP contribution in [0.2, 0.25) is 0 Å². The van der Waals surface area contributed by atoms with Crippen LogP contribution in [-0.2, 0) is 4.74 Å². The van der Waals surface area contributed by atoms with Crippen molar-refractivity contribution in [2.24, 2.45) is 0 Å². The molecule has 1 heterocycles. The molecule has 0 fully saturated rings. The highest BCUT2D eigenvalue weighted by molar-refractivity contribution is 5.92. The number of ether oxygens (including phenoxy) is 1. The van der Waals surface area contributed by atoms with Crippen LogP contribution in [0.5, 0.6) is 5.75 Å². The summed E-state index contributed by atoms with van der Waals surface area (Å²) in [6.45, 7) is 1.52. The lowest BCUT2D eigenvalue weighted by molar-refractivity contribution is 0.0590. The van der Waals surface area contributed by atoms with Gasteiger partial charge < -0.3 is 9.84 Å². The molecule has 14 heavy (non-hydrogen) atoms. The van der Waals surface area contributed by atoms with Gasteiger partial charge in [0.25, 0.3) is 0 Å². The number of esters is 1. The van der Waals surface area contributed by atoms with E-state index >= 15 is 0 Å². The van der Waals surface area contributed by atoms with Gasteiger partial charge >= 0.3 is 5.97 Å². The summed E-state index contributed by atoms with van der Waals surface area (Å²) < 4.78 is 4.40. The molecule has 5 nitrogen and oxygen atoms in total. The first-order chi connectivity index (χ1) is 6.61. The van der Waals surface area contributed by atoms with E-state index in [-0.39, 0.29) is 17.0 Å². The molecular formula is C9H9NO4. The molecule has 0 aliphatic heterocycles. The van der Waals surface area contributed by atoms with E-state index in [0.29, 0.717) is 11.8 Å². The molecule has 0 aromatic carbocycles. The number of pyridine rings is 1. The second kappa shape index (κ2) is 3.87. The molecular weight excluding hydrogens is 186 g/mol. The molecule has 0 saturated heterocycles. The van der Waals surface area contributed by atoms with E-state index in [1.54, 1.807) is 0 Å². The van der Waals surface area contributed by atoms with Crippen molar-refractivity contribution in [1.82, 2.24) is 4.98 Å². The second-order valence-corrected chi connectivity index (χ2v) is 2.65. The molecule has 1 aromatic heterocycles. The minimum Gasteiger partial charge on any atom is -0.505 e. The number of aromatic hydroxyl groups is 1. The number of hydrogen-bond acceptors (Lipinski definition) is 5. The second-order valence-electron chi connectivity index (χ2n) is 2.65. The molecule has 0 atom stereocenters. The van der Waals surface area contributed by atoms with Crippen molar-refractivity contribution in [2.75, 3.05) is 7.11 Å². The Kier molecular flexibility index (Phi) is 2.81. The van der Waals surface area contributed by atoms with Crippen LogP contribution < -0.4 is 0 Å². The number of nitrogens with zero attached hydrogens (tertiary/aromatic N) is 1. The third kappa shape index (κ3) is 1.56. The molecule has 1 N–H and O–H groups in total. The van der Waals surface area contributed by atoms with Crippen molar-refractivity contribution in [3.63, 3.8) is 0 Å². The van der Waals surface area contributed by atoms with E-state index in [9.17, 15) is 14.7 Å². The van der Waals surface area contributed by atoms with Crippen molar-refractivity contribution in [2.45, 2.75) is 6.92 Å². The average molecular weight is 195 g/mol. The van der Waals surface area contributed by atoms with Crippen LogP contribution in [0, 0.1) is 6.92 Å². The molecule has 5 heteroatoms. The van der Waals surface area contributed by atoms with Gasteiger partial charge in [0.2, 0.25) is 0 Å². The van der Waals surface area contributed by atoms with Crippen LogP contribution in [0.3, 0.4) is 0 Å². The summed E-state index contributed by atoms with van der Waals surface area (Å²) in [6, 6.07) is 0. The minimum atomic E-state index is -0.733. The number of carbonyl (C=O) groups excluding carboxylic acids is 2. The molecule has 0 saturated carbocycles. The zero-order chi connectivity index (χ0) is 10.7. The molecule has 0 aliphatic carbocycles. The maximum atomic E-state index is 11.1. The SMILES string of the molecule is COC(=O)c1ncc(C=O)c(C)c1O. The van der Waals surface area contributed by atoms with E-state index < -0.39 is 5.97 Å². The van der Waals surface area contributed by atoms with Crippen LogP contribution in [0.4, 0.5) is 0 Å². The minimum absolute atomic E-state index is 0.185. The summed E-state index contributed by atoms with van der Waals surface area (Å²) in [5, 5.41) is 9.49. The maximum absolute atomic E-state index is 11.1. The van der Waals surface area contributed by atoms with Gasteiger partial charge in [-0.1, -0.05) is 0 Å². The Morgan fingerprint density at radius 1 is 1.64 bits per heavy atom. The lowest BCUT2D eigenvalue weighted by atomic mass is 10.1. The molecule has 1 rings (SSSR count). The summed E-state index contributed by atoms with van der Waals surface area (Å²) in [5.74, 6) is -1.05. The van der Waals surface area contributed by atoms with Gasteiger partial charge in [-0.2, -0.15) is 0 Å². The van der Waals surface area contributed by atoms with Gasteiger partial charge in [-0.05, 0) is 6.92 Å². The van der Waals surface area contributed by atoms with Gasteiger partial charge in [-0.3, -0.25) is 4.79 Å². The van der Waals surface area contributed by atoms with Crippen molar-refractivity contribution in [1.29, 1.82) is 0 Å². The smallest absolute Gasteiger partial charge is 0.360 e. The normalized spacial score (nSPS) is 9.57. The predicted octanol–water partition coefficient (Wildman–Crippen LogP) is 0.695. The summed E-state index contributed by atoms with van der Waals surface area (Å²) >= 11 is 0. The summed E-state index contributed by atoms with van der Waals surface area (Å²) in [7, 11) is 1.19. The first-order valence-electron chi connectivity index (χ1n) is 3.83. The topological polar surface area (TPSA) is 76.5 Å². The zero-order valence-electron chi connectivity index (χ0n) is 7.77. The Morgan fingerprint density at radius 2 is 2.29 bits per heavy atom. The highest BCUT2D eigenvalue weighted by atomic mass is 16.5. The van der Waals surface area contributed by atoms with Crippen LogP contribution in [-0.4, -0.2) is 29.5 Å². The maximum Gasteiger partial charge on any atom is 0.360 e. The molecule has 0 amide bonds. The molecule has 0 unspecified atom stereocenters. The molecule has 1 aromatic rings. The molecule has 0 bridgehead atoms. The van der Waals surface area contributed by atoms with Crippen LogP contribution in [0.15, 0.2) is 6.20 Å². The Labute approximate surface area is 80.3 Å². The first kappa shape index (κ1) is 10.2. The predicted molar refractivity (Wildman–Crippen MR) is 47.4 cm³/mol. The van der Waals surface area contributed by atoms with Gasteiger partial charge in [0.1, 0.15) is 0 Å². The number of methoxy groups -OCH3 is 1. The van der Waals surface area contributed by atoms with Crippen molar-refractivity contribution >= 4 is 12.3 Å². The summed E-state index contributed by atoms with van der Waals surface area (Å²) in [4.78, 5) is 25.1. The summed E-state index contributed by atoms with van der Waals surface area (Å²) in [5.41, 5.74) is 0.376. The van der Waals surface area contributed by atoms with E-state index in [1.807, 2.05) is 0 Å².